The first-order valence-electron chi connectivity index (χ1n) is 8.99. The number of aryl methyl sites for hydroxylation is 1. The molecule has 1 atom stereocenters. The predicted molar refractivity (Wildman–Crippen MR) is 94.3 cm³/mol. The van der Waals surface area contributed by atoms with Crippen LogP contribution in [0.5, 0.6) is 17.2 Å². The Labute approximate surface area is 148 Å². The highest BCUT2D eigenvalue weighted by atomic mass is 16.7. The van der Waals surface area contributed by atoms with Crippen LogP contribution in [0.3, 0.4) is 0 Å². The summed E-state index contributed by atoms with van der Waals surface area (Å²) < 4.78 is 16.5. The van der Waals surface area contributed by atoms with Gasteiger partial charge >= 0.3 is 0 Å². The molecule has 0 aliphatic carbocycles. The Morgan fingerprint density at radius 3 is 3.12 bits per heavy atom. The lowest BCUT2D eigenvalue weighted by atomic mass is 9.91. The van der Waals surface area contributed by atoms with E-state index in [1.165, 1.54) is 29.7 Å². The standard InChI is InChI=1S/C19H25N3O3/c1-3-14-9-20-21-18(14)15-5-4-6-22(11-15)10-13-7-16(23-2)19-17(8-13)24-12-25-19/h7-9,15H,3-6,10-12H2,1-2H3,(H,20,21)/t15-/m0/s1. The fourth-order valence-corrected chi connectivity index (χ4v) is 3.92. The molecule has 25 heavy (non-hydrogen) atoms. The lowest BCUT2D eigenvalue weighted by molar-refractivity contribution is 0.171. The molecule has 134 valence electrons. The van der Waals surface area contributed by atoms with Gasteiger partial charge in [0.1, 0.15) is 0 Å². The maximum Gasteiger partial charge on any atom is 0.231 e. The second kappa shape index (κ2) is 6.96. The quantitative estimate of drug-likeness (QED) is 0.904. The van der Waals surface area contributed by atoms with E-state index in [1.54, 1.807) is 7.11 Å². The number of nitrogens with one attached hydrogen (secondary N) is 1. The van der Waals surface area contributed by atoms with Crippen molar-refractivity contribution >= 4 is 0 Å². The highest BCUT2D eigenvalue weighted by Gasteiger charge is 2.26. The number of methoxy groups -OCH3 is 1. The molecule has 6 heteroatoms. The fraction of sp³-hybridized carbons (Fsp3) is 0.526. The van der Waals surface area contributed by atoms with Crippen LogP contribution >= 0.6 is 0 Å². The summed E-state index contributed by atoms with van der Waals surface area (Å²) in [6.45, 7) is 5.50. The molecular weight excluding hydrogens is 318 g/mol. The number of aromatic amines is 1. The summed E-state index contributed by atoms with van der Waals surface area (Å²) in [5.74, 6) is 2.78. The Morgan fingerprint density at radius 2 is 2.28 bits per heavy atom. The topological polar surface area (TPSA) is 59.6 Å². The van der Waals surface area contributed by atoms with Crippen molar-refractivity contribution in [2.45, 2.75) is 38.6 Å². The van der Waals surface area contributed by atoms with Gasteiger partial charge in [-0.3, -0.25) is 10.00 Å². The molecule has 2 aromatic rings. The van der Waals surface area contributed by atoms with Gasteiger partial charge in [0, 0.05) is 24.7 Å². The minimum atomic E-state index is 0.264. The zero-order chi connectivity index (χ0) is 17.2. The van der Waals surface area contributed by atoms with E-state index in [-0.39, 0.29) is 6.79 Å². The second-order valence-electron chi connectivity index (χ2n) is 6.77. The third-order valence-corrected chi connectivity index (χ3v) is 5.17. The van der Waals surface area contributed by atoms with Crippen molar-refractivity contribution in [2.24, 2.45) is 0 Å². The Bertz CT molecular complexity index is 744. The second-order valence-corrected chi connectivity index (χ2v) is 6.77. The van der Waals surface area contributed by atoms with Crippen LogP contribution in [0.2, 0.25) is 0 Å². The molecule has 0 saturated carbocycles. The molecule has 0 unspecified atom stereocenters. The van der Waals surface area contributed by atoms with Crippen molar-refractivity contribution in [3.05, 3.63) is 35.2 Å². The molecule has 4 rings (SSSR count). The third-order valence-electron chi connectivity index (χ3n) is 5.17. The van der Waals surface area contributed by atoms with Crippen molar-refractivity contribution in [2.75, 3.05) is 27.0 Å². The molecule has 1 aromatic heterocycles. The number of rotatable bonds is 5. The van der Waals surface area contributed by atoms with Crippen LogP contribution in [-0.4, -0.2) is 42.1 Å². The van der Waals surface area contributed by atoms with Gasteiger partial charge in [-0.2, -0.15) is 5.10 Å². The van der Waals surface area contributed by atoms with Gasteiger partial charge in [0.15, 0.2) is 11.5 Å². The number of H-pyrrole nitrogens is 1. The lowest BCUT2D eigenvalue weighted by Gasteiger charge is -2.32. The molecule has 0 amide bonds. The van der Waals surface area contributed by atoms with Crippen LogP contribution in [0.1, 0.15) is 42.5 Å². The first-order chi connectivity index (χ1) is 12.3. The van der Waals surface area contributed by atoms with Crippen molar-refractivity contribution in [3.8, 4) is 17.2 Å². The van der Waals surface area contributed by atoms with Crippen LogP contribution in [0.15, 0.2) is 18.3 Å². The molecule has 0 spiro atoms. The number of nitrogens with zero attached hydrogens (tertiary/aromatic N) is 2. The van der Waals surface area contributed by atoms with Gasteiger partial charge in [0.2, 0.25) is 12.5 Å². The normalized spacial score (nSPS) is 20.0. The lowest BCUT2D eigenvalue weighted by Crippen LogP contribution is -2.34. The molecule has 0 bridgehead atoms. The smallest absolute Gasteiger partial charge is 0.231 e. The van der Waals surface area contributed by atoms with Gasteiger partial charge < -0.3 is 14.2 Å². The highest BCUT2D eigenvalue weighted by Crippen LogP contribution is 2.42. The largest absolute Gasteiger partial charge is 0.493 e. The monoisotopic (exact) mass is 343 g/mol. The molecule has 1 fully saturated rings. The molecule has 1 N–H and O–H groups in total. The minimum absolute atomic E-state index is 0.264. The zero-order valence-corrected chi connectivity index (χ0v) is 14.9. The van der Waals surface area contributed by atoms with Gasteiger partial charge in [-0.25, -0.2) is 0 Å². The minimum Gasteiger partial charge on any atom is -0.493 e. The van der Waals surface area contributed by atoms with E-state index in [1.807, 2.05) is 6.20 Å². The number of aromatic nitrogens is 2. The summed E-state index contributed by atoms with van der Waals surface area (Å²) in [5.41, 5.74) is 3.86. The molecule has 3 heterocycles. The van der Waals surface area contributed by atoms with Gasteiger partial charge in [0.25, 0.3) is 0 Å². The van der Waals surface area contributed by atoms with Crippen molar-refractivity contribution in [3.63, 3.8) is 0 Å². The van der Waals surface area contributed by atoms with Gasteiger partial charge in [-0.15, -0.1) is 0 Å². The summed E-state index contributed by atoms with van der Waals surface area (Å²) in [6.07, 6.45) is 5.42. The van der Waals surface area contributed by atoms with Crippen LogP contribution in [0, 0.1) is 0 Å². The third kappa shape index (κ3) is 3.18. The SMILES string of the molecule is CCc1cn[nH]c1[C@H]1CCCN(Cc2cc(OC)c3c(c2)OCO3)C1. The Balaban J connectivity index is 1.49. The van der Waals surface area contributed by atoms with E-state index in [0.29, 0.717) is 11.7 Å². The highest BCUT2D eigenvalue weighted by molar-refractivity contribution is 5.55. The fourth-order valence-electron chi connectivity index (χ4n) is 3.92. The molecule has 1 aromatic carbocycles. The predicted octanol–water partition coefficient (Wildman–Crippen LogP) is 3.09. The number of hydrogen-bond acceptors (Lipinski definition) is 5. The van der Waals surface area contributed by atoms with Crippen molar-refractivity contribution in [1.82, 2.24) is 15.1 Å². The number of fused-ring (bicyclic) bond motifs is 1. The van der Waals surface area contributed by atoms with E-state index in [2.05, 4.69) is 34.2 Å². The zero-order valence-electron chi connectivity index (χ0n) is 14.9. The van der Waals surface area contributed by atoms with Gasteiger partial charge in [-0.05, 0) is 49.1 Å². The van der Waals surface area contributed by atoms with E-state index in [0.717, 1.165) is 37.6 Å². The Hall–Kier alpha value is -2.21. The van der Waals surface area contributed by atoms with E-state index >= 15 is 0 Å². The number of ether oxygens (including phenoxy) is 3. The summed E-state index contributed by atoms with van der Waals surface area (Å²) in [5, 5.41) is 7.48. The molecule has 1 saturated heterocycles. The van der Waals surface area contributed by atoms with E-state index in [4.69, 9.17) is 14.2 Å². The Morgan fingerprint density at radius 1 is 1.36 bits per heavy atom. The number of likely N-dealkylation sites (tertiary alicyclic amines) is 1. The van der Waals surface area contributed by atoms with E-state index < -0.39 is 0 Å². The van der Waals surface area contributed by atoms with Gasteiger partial charge in [0.05, 0.1) is 13.3 Å². The molecule has 2 aliphatic heterocycles. The summed E-state index contributed by atoms with van der Waals surface area (Å²) in [4.78, 5) is 2.51. The average molecular weight is 343 g/mol. The molecule has 2 aliphatic rings. The summed E-state index contributed by atoms with van der Waals surface area (Å²) in [6, 6.07) is 4.13. The summed E-state index contributed by atoms with van der Waals surface area (Å²) >= 11 is 0. The number of hydrogen-bond donors (Lipinski definition) is 1. The molecule has 0 radical (unpaired) electrons. The van der Waals surface area contributed by atoms with Crippen LogP contribution in [-0.2, 0) is 13.0 Å². The molecular formula is C19H25N3O3. The maximum atomic E-state index is 5.55. The van der Waals surface area contributed by atoms with Crippen molar-refractivity contribution < 1.29 is 14.2 Å². The van der Waals surface area contributed by atoms with Crippen LogP contribution < -0.4 is 14.2 Å². The van der Waals surface area contributed by atoms with Crippen LogP contribution in [0.4, 0.5) is 0 Å². The summed E-state index contributed by atoms with van der Waals surface area (Å²) in [7, 11) is 1.67. The van der Waals surface area contributed by atoms with E-state index in [9.17, 15) is 0 Å². The van der Waals surface area contributed by atoms with Gasteiger partial charge in [-0.1, -0.05) is 6.92 Å². The van der Waals surface area contributed by atoms with Crippen molar-refractivity contribution in [1.29, 1.82) is 0 Å². The average Bonchev–Trinajstić information content (AvgIpc) is 3.30. The number of benzene rings is 1. The van der Waals surface area contributed by atoms with Crippen LogP contribution in [0.25, 0.3) is 0 Å². The first kappa shape index (κ1) is 16.3. The maximum absolute atomic E-state index is 5.55. The molecule has 6 nitrogen and oxygen atoms in total. The Kier molecular flexibility index (Phi) is 4.53. The number of piperidine rings is 1. The first-order valence-corrected chi connectivity index (χ1v) is 8.99.